The van der Waals surface area contributed by atoms with E-state index in [4.69, 9.17) is 21.1 Å². The Morgan fingerprint density at radius 1 is 1.37 bits per heavy atom. The van der Waals surface area contributed by atoms with Gasteiger partial charge in [-0.05, 0) is 17.7 Å². The Morgan fingerprint density at radius 2 is 2.16 bits per heavy atom. The Bertz CT molecular complexity index is 621. The highest BCUT2D eigenvalue weighted by molar-refractivity contribution is 6.28. The molecule has 0 N–H and O–H groups in total. The number of halogens is 1. The number of nitro groups is 1. The number of hydrogen-bond acceptors (Lipinski definition) is 6. The van der Waals surface area contributed by atoms with E-state index in [-0.39, 0.29) is 22.6 Å². The van der Waals surface area contributed by atoms with E-state index in [2.05, 4.69) is 9.97 Å². The highest BCUT2D eigenvalue weighted by Crippen LogP contribution is 2.33. The highest BCUT2D eigenvalue weighted by Gasteiger charge is 2.17. The molecule has 0 aliphatic heterocycles. The molecule has 0 atom stereocenters. The van der Waals surface area contributed by atoms with Gasteiger partial charge in [-0.1, -0.05) is 0 Å². The number of methoxy groups -OCH3 is 1. The molecule has 8 heteroatoms. The first-order chi connectivity index (χ1) is 9.10. The average molecular weight is 282 g/mol. The summed E-state index contributed by atoms with van der Waals surface area (Å²) in [5.41, 5.74) is -0.199. The molecule has 0 amide bonds. The number of nitrogens with zero attached hydrogens (tertiary/aromatic N) is 3. The summed E-state index contributed by atoms with van der Waals surface area (Å²) >= 11 is 5.61. The molecule has 2 aromatic rings. The van der Waals surface area contributed by atoms with E-state index in [1.807, 2.05) is 0 Å². The van der Waals surface area contributed by atoms with Gasteiger partial charge in [0.15, 0.2) is 0 Å². The summed E-state index contributed by atoms with van der Waals surface area (Å²) in [7, 11) is 1.45. The summed E-state index contributed by atoms with van der Waals surface area (Å²) in [6.45, 7) is 0. The van der Waals surface area contributed by atoms with Gasteiger partial charge in [-0.2, -0.15) is 4.98 Å². The predicted octanol–water partition coefficient (Wildman–Crippen LogP) is 2.84. The van der Waals surface area contributed by atoms with E-state index in [1.165, 1.54) is 37.6 Å². The van der Waals surface area contributed by atoms with E-state index in [0.717, 1.165) is 0 Å². The van der Waals surface area contributed by atoms with Crippen molar-refractivity contribution in [3.8, 4) is 17.4 Å². The molecule has 0 radical (unpaired) electrons. The lowest BCUT2D eigenvalue weighted by atomic mass is 10.3. The zero-order valence-corrected chi connectivity index (χ0v) is 10.5. The highest BCUT2D eigenvalue weighted by atomic mass is 35.5. The van der Waals surface area contributed by atoms with E-state index < -0.39 is 4.92 Å². The Morgan fingerprint density at radius 3 is 2.79 bits per heavy atom. The quantitative estimate of drug-likeness (QED) is 0.486. The molecule has 0 saturated carbocycles. The number of benzene rings is 1. The second kappa shape index (κ2) is 5.49. The molecule has 0 aliphatic rings. The topological polar surface area (TPSA) is 87.4 Å². The molecule has 1 aromatic carbocycles. The van der Waals surface area contributed by atoms with Gasteiger partial charge in [-0.25, -0.2) is 4.98 Å². The second-order valence-corrected chi connectivity index (χ2v) is 3.69. The molecule has 98 valence electrons. The van der Waals surface area contributed by atoms with Gasteiger partial charge in [-0.15, -0.1) is 0 Å². The lowest BCUT2D eigenvalue weighted by molar-refractivity contribution is -0.385. The molecule has 0 bridgehead atoms. The first kappa shape index (κ1) is 13.0. The van der Waals surface area contributed by atoms with Crippen molar-refractivity contribution in [2.24, 2.45) is 0 Å². The Hall–Kier alpha value is -2.41. The van der Waals surface area contributed by atoms with Gasteiger partial charge in [0, 0.05) is 24.4 Å². The Kier molecular flexibility index (Phi) is 3.76. The van der Waals surface area contributed by atoms with Crippen LogP contribution in [0.3, 0.4) is 0 Å². The van der Waals surface area contributed by atoms with Crippen LogP contribution in [0.1, 0.15) is 0 Å². The maximum Gasteiger partial charge on any atom is 0.311 e. The summed E-state index contributed by atoms with van der Waals surface area (Å²) < 4.78 is 10.3. The Balaban J connectivity index is 2.39. The number of hydrogen-bond donors (Lipinski definition) is 0. The largest absolute Gasteiger partial charge is 0.497 e. The van der Waals surface area contributed by atoms with Gasteiger partial charge >= 0.3 is 5.69 Å². The molecule has 0 fully saturated rings. The van der Waals surface area contributed by atoms with Crippen molar-refractivity contribution in [2.75, 3.05) is 7.11 Å². The third-order valence-electron chi connectivity index (χ3n) is 2.18. The van der Waals surface area contributed by atoms with Crippen LogP contribution in [-0.2, 0) is 0 Å². The minimum Gasteiger partial charge on any atom is -0.497 e. The van der Waals surface area contributed by atoms with Gasteiger partial charge in [0.1, 0.15) is 5.75 Å². The minimum atomic E-state index is -0.558. The van der Waals surface area contributed by atoms with Crippen LogP contribution in [0.4, 0.5) is 5.69 Å². The van der Waals surface area contributed by atoms with Crippen molar-refractivity contribution in [3.63, 3.8) is 0 Å². The maximum atomic E-state index is 10.9. The second-order valence-electron chi connectivity index (χ2n) is 3.36. The number of nitro benzene ring substituents is 1. The number of rotatable bonds is 4. The molecular weight excluding hydrogens is 274 g/mol. The van der Waals surface area contributed by atoms with E-state index in [9.17, 15) is 10.1 Å². The summed E-state index contributed by atoms with van der Waals surface area (Å²) in [6, 6.07) is 5.60. The summed E-state index contributed by atoms with van der Waals surface area (Å²) in [5, 5.41) is 10.9. The molecule has 0 unspecified atom stereocenters. The van der Waals surface area contributed by atoms with Crippen molar-refractivity contribution < 1.29 is 14.4 Å². The molecule has 0 spiro atoms. The van der Waals surface area contributed by atoms with Gasteiger partial charge in [0.2, 0.25) is 16.9 Å². The van der Waals surface area contributed by atoms with E-state index in [0.29, 0.717) is 5.75 Å². The van der Waals surface area contributed by atoms with Gasteiger partial charge in [0.25, 0.3) is 0 Å². The van der Waals surface area contributed by atoms with Crippen LogP contribution >= 0.6 is 11.6 Å². The van der Waals surface area contributed by atoms with Crippen LogP contribution in [0, 0.1) is 10.1 Å². The van der Waals surface area contributed by atoms with Crippen molar-refractivity contribution in [1.82, 2.24) is 9.97 Å². The van der Waals surface area contributed by atoms with Gasteiger partial charge in [-0.3, -0.25) is 10.1 Å². The smallest absolute Gasteiger partial charge is 0.311 e. The van der Waals surface area contributed by atoms with Crippen LogP contribution in [-0.4, -0.2) is 22.0 Å². The SMILES string of the molecule is COc1ccc([N+](=O)[O-])c(Oc2ccnc(Cl)n2)c1. The van der Waals surface area contributed by atoms with Crippen molar-refractivity contribution in [1.29, 1.82) is 0 Å². The third kappa shape index (κ3) is 3.08. The van der Waals surface area contributed by atoms with Crippen molar-refractivity contribution in [2.45, 2.75) is 0 Å². The normalized spacial score (nSPS) is 10.0. The zero-order chi connectivity index (χ0) is 13.8. The standard InChI is InChI=1S/C11H8ClN3O4/c1-18-7-2-3-8(15(16)17)9(6-7)19-10-4-5-13-11(12)14-10/h2-6H,1H3. The third-order valence-corrected chi connectivity index (χ3v) is 2.36. The van der Waals surface area contributed by atoms with Crippen molar-refractivity contribution in [3.05, 3.63) is 45.9 Å². The first-order valence-electron chi connectivity index (χ1n) is 5.09. The summed E-state index contributed by atoms with van der Waals surface area (Å²) in [5.74, 6) is 0.552. The van der Waals surface area contributed by atoms with E-state index in [1.54, 1.807) is 0 Å². The van der Waals surface area contributed by atoms with Gasteiger partial charge < -0.3 is 9.47 Å². The number of aromatic nitrogens is 2. The minimum absolute atomic E-state index is 0.0111. The summed E-state index contributed by atoms with van der Waals surface area (Å²) in [6.07, 6.45) is 1.39. The molecule has 1 aromatic heterocycles. The monoisotopic (exact) mass is 281 g/mol. The predicted molar refractivity (Wildman–Crippen MR) is 66.8 cm³/mol. The van der Waals surface area contributed by atoms with E-state index >= 15 is 0 Å². The first-order valence-corrected chi connectivity index (χ1v) is 5.47. The molecule has 0 saturated heterocycles. The van der Waals surface area contributed by atoms with Crippen molar-refractivity contribution >= 4 is 17.3 Å². The van der Waals surface area contributed by atoms with Crippen LogP contribution in [0.15, 0.2) is 30.5 Å². The molecular formula is C11H8ClN3O4. The van der Waals surface area contributed by atoms with Crippen LogP contribution < -0.4 is 9.47 Å². The van der Waals surface area contributed by atoms with Crippen LogP contribution in [0.25, 0.3) is 0 Å². The molecule has 0 aliphatic carbocycles. The summed E-state index contributed by atoms with van der Waals surface area (Å²) in [4.78, 5) is 17.8. The average Bonchev–Trinajstić information content (AvgIpc) is 2.38. The Labute approximate surface area is 112 Å². The molecule has 7 nitrogen and oxygen atoms in total. The fraction of sp³-hybridized carbons (Fsp3) is 0.0909. The molecule has 1 heterocycles. The number of ether oxygens (including phenoxy) is 2. The maximum absolute atomic E-state index is 10.9. The lowest BCUT2D eigenvalue weighted by Gasteiger charge is -2.07. The zero-order valence-electron chi connectivity index (χ0n) is 9.74. The molecule has 2 rings (SSSR count). The molecule has 19 heavy (non-hydrogen) atoms. The fourth-order valence-corrected chi connectivity index (χ4v) is 1.48. The van der Waals surface area contributed by atoms with Crippen LogP contribution in [0.2, 0.25) is 5.28 Å². The van der Waals surface area contributed by atoms with Crippen LogP contribution in [0.5, 0.6) is 17.4 Å². The van der Waals surface area contributed by atoms with Gasteiger partial charge in [0.05, 0.1) is 12.0 Å². The lowest BCUT2D eigenvalue weighted by Crippen LogP contribution is -1.96. The fourth-order valence-electron chi connectivity index (χ4n) is 1.34.